The Kier molecular flexibility index (Phi) is 11.6. The predicted molar refractivity (Wildman–Crippen MR) is 224 cm³/mol. The van der Waals surface area contributed by atoms with Crippen LogP contribution in [-0.2, 0) is 38.5 Å². The van der Waals surface area contributed by atoms with Crippen molar-refractivity contribution in [1.82, 2.24) is 0 Å². The molecule has 0 saturated heterocycles. The van der Waals surface area contributed by atoms with E-state index in [0.29, 0.717) is 0 Å². The third kappa shape index (κ3) is 7.19. The van der Waals surface area contributed by atoms with Crippen molar-refractivity contribution in [1.29, 1.82) is 0 Å². The Balaban J connectivity index is 0.00000249. The van der Waals surface area contributed by atoms with E-state index in [9.17, 15) is 0 Å². The van der Waals surface area contributed by atoms with E-state index in [0.717, 1.165) is 33.7 Å². The van der Waals surface area contributed by atoms with Gasteiger partial charge in [-0.15, -0.1) is 0 Å². The summed E-state index contributed by atoms with van der Waals surface area (Å²) >= 11 is 11.1. The van der Waals surface area contributed by atoms with E-state index in [1.807, 2.05) is 0 Å². The van der Waals surface area contributed by atoms with Crippen molar-refractivity contribution in [3.8, 4) is 11.1 Å². The van der Waals surface area contributed by atoms with Crippen molar-refractivity contribution in [2.24, 2.45) is 0 Å². The molecule has 0 saturated carbocycles. The molecule has 0 aliphatic heterocycles. The topological polar surface area (TPSA) is 0 Å². The Morgan fingerprint density at radius 3 is 1.70 bits per heavy atom. The number of rotatable bonds is 4. The molecule has 274 valence electrons. The summed E-state index contributed by atoms with van der Waals surface area (Å²) in [4.78, 5) is 0. The van der Waals surface area contributed by atoms with Crippen molar-refractivity contribution < 1.29 is 46.1 Å². The minimum absolute atomic E-state index is 0. The number of allylic oxidation sites excluding steroid dienone is 4. The molecule has 0 N–H and O–H groups in total. The molecule has 8 rings (SSSR count). The monoisotopic (exact) mass is 864 g/mol. The van der Waals surface area contributed by atoms with Crippen molar-refractivity contribution in [2.75, 3.05) is 0 Å². The van der Waals surface area contributed by atoms with Crippen LogP contribution < -0.4 is 28.1 Å². The molecule has 2 aliphatic carbocycles. The molecule has 54 heavy (non-hydrogen) atoms. The second-order valence-corrected chi connectivity index (χ2v) is 23.6. The minimum atomic E-state index is -3.16. The van der Waals surface area contributed by atoms with Crippen LogP contribution >= 0.6 is 23.2 Å². The van der Waals surface area contributed by atoms with E-state index in [4.69, 9.17) is 23.2 Å². The molecule has 0 fully saturated rings. The Bertz CT molecular complexity index is 2490. The summed E-state index contributed by atoms with van der Waals surface area (Å²) in [5.74, 6) is 0. The van der Waals surface area contributed by atoms with Gasteiger partial charge in [0, 0.05) is 0 Å². The summed E-state index contributed by atoms with van der Waals surface area (Å²) in [5, 5.41) is 6.34. The van der Waals surface area contributed by atoms with E-state index >= 15 is 0 Å². The van der Waals surface area contributed by atoms with Gasteiger partial charge < -0.3 is 24.8 Å². The van der Waals surface area contributed by atoms with Crippen molar-refractivity contribution in [3.63, 3.8) is 0 Å². The van der Waals surface area contributed by atoms with E-state index in [2.05, 4.69) is 165 Å². The average Bonchev–Trinajstić information content (AvgIpc) is 3.73. The standard InChI is InChI=1S/C23H29.C21H12Cl2.C5H5.2ClH.Zr/c1-14-9-16-11-17-10-15(2)21(23(6,7)8)13-19(17)18(16)12-20(14)22(3,4)5;22-18-10-14-5-1-3-7-20(14)16(12-18)9-17-13-19(23)11-15-6-2-4-8-21(15)17;1-2-4-5-3-1;;;/h9,12-13H,11H2,1-8H3;1-8,10-13H;1-3H,4H2;2*1H;/q;;;;;+2/p-2. The van der Waals surface area contributed by atoms with E-state index in [-0.39, 0.29) is 35.6 Å². The van der Waals surface area contributed by atoms with Crippen LogP contribution in [0.4, 0.5) is 0 Å². The van der Waals surface area contributed by atoms with Gasteiger partial charge in [-0.2, -0.15) is 0 Å². The molecular formula is C49H46Cl4Zr. The number of fused-ring (bicyclic) bond motifs is 5. The summed E-state index contributed by atoms with van der Waals surface area (Å²) in [6.45, 7) is 18.9. The van der Waals surface area contributed by atoms with Crippen LogP contribution in [-0.4, -0.2) is 3.21 Å². The van der Waals surface area contributed by atoms with Crippen LogP contribution in [0.15, 0.2) is 113 Å². The van der Waals surface area contributed by atoms with Crippen LogP contribution in [0.3, 0.4) is 0 Å². The fraction of sp³-hybridized carbons (Fsp3) is 0.245. The summed E-state index contributed by atoms with van der Waals surface area (Å²) in [6, 6.07) is 33.8. The third-order valence-corrected chi connectivity index (χ3v) is 19.6. The van der Waals surface area contributed by atoms with Gasteiger partial charge in [-0.05, 0) is 0 Å². The zero-order chi connectivity index (χ0) is 36.7. The molecule has 6 aromatic rings. The zero-order valence-electron chi connectivity index (χ0n) is 32.3. The van der Waals surface area contributed by atoms with Crippen LogP contribution in [0.2, 0.25) is 10.0 Å². The molecule has 2 aliphatic rings. The van der Waals surface area contributed by atoms with Crippen LogP contribution in [0, 0.1) is 13.8 Å². The summed E-state index contributed by atoms with van der Waals surface area (Å²) in [6.07, 6.45) is 9.03. The first kappa shape index (κ1) is 40.9. The molecule has 0 amide bonds. The Hall–Kier alpha value is -2.77. The second-order valence-electron chi connectivity index (χ2n) is 16.9. The van der Waals surface area contributed by atoms with Crippen molar-refractivity contribution in [3.05, 3.63) is 167 Å². The maximum atomic E-state index is 7.11. The van der Waals surface area contributed by atoms with E-state index in [1.54, 1.807) is 6.55 Å². The Labute approximate surface area is 351 Å². The SMILES string of the molecule is Cc1cc2c(cc1C(C)(C)C)-c1cc(C(C)(C)C)c(C)[c]([Zr+2]([C]3=CC=CC3)=[C](c3cc(Cl)cc4ccccc34)c3cc(Cl)cc4ccccc34)c1C2.[Cl-].[Cl-]. The van der Waals surface area contributed by atoms with Crippen LogP contribution in [0.25, 0.3) is 32.7 Å². The van der Waals surface area contributed by atoms with Gasteiger partial charge in [0.05, 0.1) is 0 Å². The van der Waals surface area contributed by atoms with Gasteiger partial charge in [0.1, 0.15) is 0 Å². The van der Waals surface area contributed by atoms with Gasteiger partial charge in [-0.3, -0.25) is 0 Å². The Morgan fingerprint density at radius 1 is 0.648 bits per heavy atom. The number of aryl methyl sites for hydroxylation is 1. The molecular weight excluding hydrogens is 822 g/mol. The van der Waals surface area contributed by atoms with E-state index in [1.165, 1.54) is 69.6 Å². The van der Waals surface area contributed by atoms with Gasteiger partial charge in [0.2, 0.25) is 0 Å². The van der Waals surface area contributed by atoms with Crippen LogP contribution in [0.1, 0.15) is 92.5 Å². The van der Waals surface area contributed by atoms with Gasteiger partial charge in [0.15, 0.2) is 0 Å². The Morgan fingerprint density at radius 2 is 1.19 bits per heavy atom. The number of hydrogen-bond donors (Lipinski definition) is 0. The third-order valence-electron chi connectivity index (χ3n) is 11.2. The van der Waals surface area contributed by atoms with Gasteiger partial charge in [-0.25, -0.2) is 0 Å². The largest absolute Gasteiger partial charge is 1.00 e. The van der Waals surface area contributed by atoms with Gasteiger partial charge in [-0.1, -0.05) is 0 Å². The first-order valence-corrected chi connectivity index (χ1v) is 22.9. The van der Waals surface area contributed by atoms with Gasteiger partial charge in [0.25, 0.3) is 0 Å². The van der Waals surface area contributed by atoms with Crippen molar-refractivity contribution >= 4 is 51.2 Å². The van der Waals surface area contributed by atoms with Crippen molar-refractivity contribution in [2.45, 2.75) is 79.1 Å². The number of hydrogen-bond acceptors (Lipinski definition) is 0. The fourth-order valence-corrected chi connectivity index (χ4v) is 18.0. The van der Waals surface area contributed by atoms with Gasteiger partial charge >= 0.3 is 330 Å². The molecule has 0 radical (unpaired) electrons. The van der Waals surface area contributed by atoms with E-state index < -0.39 is 21.3 Å². The average molecular weight is 868 g/mol. The number of halogens is 4. The summed E-state index contributed by atoms with van der Waals surface area (Å²) in [7, 11) is 0. The molecule has 0 unspecified atom stereocenters. The minimum Gasteiger partial charge on any atom is -1.00 e. The smallest absolute Gasteiger partial charge is 1.00 e. The maximum Gasteiger partial charge on any atom is -1.00 e. The molecule has 0 aromatic heterocycles. The molecule has 5 heteroatoms. The summed E-state index contributed by atoms with van der Waals surface area (Å²) < 4.78 is 4.66. The fourth-order valence-electron chi connectivity index (χ4n) is 8.99. The molecule has 0 bridgehead atoms. The first-order chi connectivity index (χ1) is 24.7. The molecule has 0 atom stereocenters. The zero-order valence-corrected chi connectivity index (χ0v) is 37.8. The maximum absolute atomic E-state index is 7.11. The molecule has 0 nitrogen and oxygen atoms in total. The normalized spacial score (nSPS) is 13.2. The second kappa shape index (κ2) is 15.3. The molecule has 0 heterocycles. The molecule has 0 spiro atoms. The quantitative estimate of drug-likeness (QED) is 0.173. The predicted octanol–water partition coefficient (Wildman–Crippen LogP) is 7.45. The first-order valence-electron chi connectivity index (χ1n) is 18.5. The molecule has 6 aromatic carbocycles. The number of benzene rings is 6. The summed E-state index contributed by atoms with van der Waals surface area (Å²) in [5.41, 5.74) is 14.1. The van der Waals surface area contributed by atoms with Crippen LogP contribution in [0.5, 0.6) is 0 Å².